The van der Waals surface area contributed by atoms with Gasteiger partial charge in [-0.1, -0.05) is 17.9 Å². The first-order valence-electron chi connectivity index (χ1n) is 6.48. The maximum absolute atomic E-state index is 11.8. The summed E-state index contributed by atoms with van der Waals surface area (Å²) in [7, 11) is 0. The molecule has 1 amide bonds. The third kappa shape index (κ3) is 4.40. The summed E-state index contributed by atoms with van der Waals surface area (Å²) in [6.45, 7) is 1.09. The van der Waals surface area contributed by atoms with E-state index in [0.29, 0.717) is 13.0 Å². The third-order valence-electron chi connectivity index (χ3n) is 2.92. The van der Waals surface area contributed by atoms with Crippen LogP contribution in [0.2, 0.25) is 0 Å². The minimum absolute atomic E-state index is 0.0177. The van der Waals surface area contributed by atoms with E-state index < -0.39 is 0 Å². The van der Waals surface area contributed by atoms with Crippen LogP contribution in [0.4, 0.5) is 5.69 Å². The van der Waals surface area contributed by atoms with Crippen LogP contribution < -0.4 is 11.1 Å². The summed E-state index contributed by atoms with van der Waals surface area (Å²) in [6.07, 6.45) is 2.50. The lowest BCUT2D eigenvalue weighted by atomic mass is 10.1. The zero-order valence-corrected chi connectivity index (χ0v) is 10.8. The molecule has 0 radical (unpaired) electrons. The molecule has 1 aliphatic rings. The molecular weight excluding hydrogens is 240 g/mol. The van der Waals surface area contributed by atoms with Gasteiger partial charge in [0.25, 0.3) is 0 Å². The van der Waals surface area contributed by atoms with Crippen molar-refractivity contribution in [2.75, 3.05) is 18.5 Å². The number of hydrogen-bond acceptors (Lipinski definition) is 3. The molecule has 2 rings (SSSR count). The molecule has 0 aliphatic carbocycles. The van der Waals surface area contributed by atoms with Crippen LogP contribution in [-0.4, -0.2) is 25.2 Å². The molecule has 3 N–H and O–H groups in total. The van der Waals surface area contributed by atoms with Gasteiger partial charge in [0.2, 0.25) is 5.91 Å². The molecule has 0 saturated carbocycles. The number of hydrogen-bond donors (Lipinski definition) is 2. The van der Waals surface area contributed by atoms with Crippen LogP contribution in [0.3, 0.4) is 0 Å². The molecule has 100 valence electrons. The molecule has 0 aromatic heterocycles. The first-order chi connectivity index (χ1) is 9.28. The SMILES string of the molecule is NCC#Cc1cccc(NC(=O)CC2CCCO2)c1. The zero-order chi connectivity index (χ0) is 13.5. The molecule has 1 saturated heterocycles. The number of ether oxygens (including phenoxy) is 1. The van der Waals surface area contributed by atoms with Crippen LogP contribution in [0.5, 0.6) is 0 Å². The number of carbonyl (C=O) groups excluding carboxylic acids is 1. The van der Waals surface area contributed by atoms with E-state index in [2.05, 4.69) is 17.2 Å². The van der Waals surface area contributed by atoms with E-state index in [0.717, 1.165) is 30.7 Å². The molecule has 0 bridgehead atoms. The molecule has 1 atom stereocenters. The Bertz CT molecular complexity index is 496. The van der Waals surface area contributed by atoms with Gasteiger partial charge in [-0.3, -0.25) is 4.79 Å². The van der Waals surface area contributed by atoms with E-state index in [1.807, 2.05) is 24.3 Å². The van der Waals surface area contributed by atoms with Crippen LogP contribution in [0.15, 0.2) is 24.3 Å². The zero-order valence-electron chi connectivity index (χ0n) is 10.8. The van der Waals surface area contributed by atoms with Crippen molar-refractivity contribution >= 4 is 11.6 Å². The summed E-state index contributed by atoms with van der Waals surface area (Å²) < 4.78 is 5.44. The van der Waals surface area contributed by atoms with Crippen LogP contribution in [0.1, 0.15) is 24.8 Å². The number of carbonyl (C=O) groups is 1. The van der Waals surface area contributed by atoms with Crippen molar-refractivity contribution in [2.45, 2.75) is 25.4 Å². The summed E-state index contributed by atoms with van der Waals surface area (Å²) in [5.74, 6) is 5.71. The number of nitrogens with two attached hydrogens (primary N) is 1. The molecule has 1 aliphatic heterocycles. The van der Waals surface area contributed by atoms with Gasteiger partial charge < -0.3 is 15.8 Å². The highest BCUT2D eigenvalue weighted by Gasteiger charge is 2.18. The topological polar surface area (TPSA) is 64.3 Å². The summed E-state index contributed by atoms with van der Waals surface area (Å²) in [4.78, 5) is 11.8. The first kappa shape index (κ1) is 13.6. The van der Waals surface area contributed by atoms with E-state index in [4.69, 9.17) is 10.5 Å². The monoisotopic (exact) mass is 258 g/mol. The Kier molecular flexibility index (Phi) is 4.96. The Balaban J connectivity index is 1.92. The predicted octanol–water partition coefficient (Wildman–Crippen LogP) is 1.50. The molecule has 4 heteroatoms. The molecule has 0 spiro atoms. The molecule has 4 nitrogen and oxygen atoms in total. The summed E-state index contributed by atoms with van der Waals surface area (Å²) in [5.41, 5.74) is 6.93. The summed E-state index contributed by atoms with van der Waals surface area (Å²) >= 11 is 0. The molecule has 1 aromatic carbocycles. The van der Waals surface area contributed by atoms with Crippen LogP contribution in [0, 0.1) is 11.8 Å². The molecule has 1 fully saturated rings. The van der Waals surface area contributed by atoms with E-state index in [9.17, 15) is 4.79 Å². The van der Waals surface area contributed by atoms with Crippen molar-refractivity contribution in [3.8, 4) is 11.8 Å². The first-order valence-corrected chi connectivity index (χ1v) is 6.48. The van der Waals surface area contributed by atoms with Crippen molar-refractivity contribution in [3.05, 3.63) is 29.8 Å². The molecule has 19 heavy (non-hydrogen) atoms. The number of amides is 1. The Hall–Kier alpha value is -1.83. The van der Waals surface area contributed by atoms with E-state index in [-0.39, 0.29) is 12.0 Å². The molecule has 1 heterocycles. The van der Waals surface area contributed by atoms with Crippen LogP contribution >= 0.6 is 0 Å². The maximum atomic E-state index is 11.8. The van der Waals surface area contributed by atoms with Gasteiger partial charge in [0.05, 0.1) is 19.1 Å². The van der Waals surface area contributed by atoms with Crippen molar-refractivity contribution < 1.29 is 9.53 Å². The van der Waals surface area contributed by atoms with Gasteiger partial charge in [0.15, 0.2) is 0 Å². The smallest absolute Gasteiger partial charge is 0.226 e. The Morgan fingerprint density at radius 3 is 3.16 bits per heavy atom. The largest absolute Gasteiger partial charge is 0.378 e. The minimum atomic E-state index is -0.0177. The number of nitrogens with one attached hydrogen (secondary N) is 1. The summed E-state index contributed by atoms with van der Waals surface area (Å²) in [6, 6.07) is 7.44. The van der Waals surface area contributed by atoms with Crippen LogP contribution in [-0.2, 0) is 9.53 Å². The summed E-state index contributed by atoms with van der Waals surface area (Å²) in [5, 5.41) is 2.87. The van der Waals surface area contributed by atoms with Gasteiger partial charge in [-0.25, -0.2) is 0 Å². The highest BCUT2D eigenvalue weighted by atomic mass is 16.5. The van der Waals surface area contributed by atoms with E-state index in [1.54, 1.807) is 0 Å². The van der Waals surface area contributed by atoms with Gasteiger partial charge >= 0.3 is 0 Å². The van der Waals surface area contributed by atoms with Gasteiger partial charge in [-0.05, 0) is 31.0 Å². The Morgan fingerprint density at radius 2 is 2.42 bits per heavy atom. The minimum Gasteiger partial charge on any atom is -0.378 e. The van der Waals surface area contributed by atoms with Gasteiger partial charge in [-0.2, -0.15) is 0 Å². The second kappa shape index (κ2) is 6.93. The molecule has 1 unspecified atom stereocenters. The molecule has 1 aromatic rings. The average Bonchev–Trinajstić information content (AvgIpc) is 2.89. The number of anilines is 1. The van der Waals surface area contributed by atoms with Crippen LogP contribution in [0.25, 0.3) is 0 Å². The fourth-order valence-corrected chi connectivity index (χ4v) is 2.05. The third-order valence-corrected chi connectivity index (χ3v) is 2.92. The lowest BCUT2D eigenvalue weighted by Gasteiger charge is -2.09. The Labute approximate surface area is 113 Å². The quantitative estimate of drug-likeness (QED) is 0.808. The second-order valence-electron chi connectivity index (χ2n) is 4.47. The van der Waals surface area contributed by atoms with Gasteiger partial charge in [0, 0.05) is 17.9 Å². The number of rotatable bonds is 3. The van der Waals surface area contributed by atoms with E-state index >= 15 is 0 Å². The normalized spacial score (nSPS) is 17.6. The highest BCUT2D eigenvalue weighted by Crippen LogP contribution is 2.16. The maximum Gasteiger partial charge on any atom is 0.226 e. The van der Waals surface area contributed by atoms with Crippen molar-refractivity contribution in [1.29, 1.82) is 0 Å². The van der Waals surface area contributed by atoms with Crippen molar-refractivity contribution in [3.63, 3.8) is 0 Å². The standard InChI is InChI=1S/C15H18N2O2/c16-8-2-5-12-4-1-6-13(10-12)17-15(18)11-14-7-3-9-19-14/h1,4,6,10,14H,3,7-9,11,16H2,(H,17,18). The van der Waals surface area contributed by atoms with Gasteiger partial charge in [-0.15, -0.1) is 0 Å². The fraction of sp³-hybridized carbons (Fsp3) is 0.400. The highest BCUT2D eigenvalue weighted by molar-refractivity contribution is 5.91. The van der Waals surface area contributed by atoms with Crippen molar-refractivity contribution in [1.82, 2.24) is 0 Å². The number of benzene rings is 1. The molecular formula is C15H18N2O2. The average molecular weight is 258 g/mol. The lowest BCUT2D eigenvalue weighted by molar-refractivity contribution is -0.118. The predicted molar refractivity (Wildman–Crippen MR) is 74.6 cm³/mol. The lowest BCUT2D eigenvalue weighted by Crippen LogP contribution is -2.19. The van der Waals surface area contributed by atoms with Gasteiger partial charge in [0.1, 0.15) is 0 Å². The second-order valence-corrected chi connectivity index (χ2v) is 4.47. The van der Waals surface area contributed by atoms with Crippen molar-refractivity contribution in [2.24, 2.45) is 5.73 Å². The van der Waals surface area contributed by atoms with E-state index in [1.165, 1.54) is 0 Å². The fourth-order valence-electron chi connectivity index (χ4n) is 2.05. The Morgan fingerprint density at radius 1 is 1.53 bits per heavy atom.